The number of para-hydroxylation sites is 1. The molecule has 0 spiro atoms. The zero-order valence-corrected chi connectivity index (χ0v) is 12.6. The molecule has 0 aliphatic rings. The fourth-order valence-corrected chi connectivity index (χ4v) is 2.87. The van der Waals surface area contributed by atoms with Crippen LogP contribution < -0.4 is 0 Å². The lowest BCUT2D eigenvalue weighted by Crippen LogP contribution is -1.99. The van der Waals surface area contributed by atoms with Gasteiger partial charge in [-0.1, -0.05) is 30.0 Å². The maximum absolute atomic E-state index is 11.0. The van der Waals surface area contributed by atoms with Crippen molar-refractivity contribution in [2.45, 2.75) is 10.9 Å². The number of aromatic hydroxyl groups is 1. The van der Waals surface area contributed by atoms with E-state index in [4.69, 9.17) is 0 Å². The van der Waals surface area contributed by atoms with Gasteiger partial charge < -0.3 is 5.11 Å². The predicted molar refractivity (Wildman–Crippen MR) is 83.5 cm³/mol. The quantitative estimate of drug-likeness (QED) is 0.435. The molecular weight excluding hydrogens is 318 g/mol. The Hall–Kier alpha value is -2.94. The van der Waals surface area contributed by atoms with Gasteiger partial charge in [-0.2, -0.15) is 4.68 Å². The molecule has 23 heavy (non-hydrogen) atoms. The van der Waals surface area contributed by atoms with Gasteiger partial charge in [0.2, 0.25) is 5.16 Å². The average Bonchev–Trinajstić information content (AvgIpc) is 3.02. The van der Waals surface area contributed by atoms with Crippen LogP contribution in [0, 0.1) is 10.1 Å². The highest BCUT2D eigenvalue weighted by Gasteiger charge is 2.15. The van der Waals surface area contributed by atoms with Gasteiger partial charge in [0.1, 0.15) is 5.75 Å². The normalized spacial score (nSPS) is 10.6. The highest BCUT2D eigenvalue weighted by Crippen LogP contribution is 2.27. The largest absolute Gasteiger partial charge is 0.508 e. The Kier molecular flexibility index (Phi) is 4.20. The van der Waals surface area contributed by atoms with Gasteiger partial charge in [-0.25, -0.2) is 0 Å². The number of phenols is 1. The summed E-state index contributed by atoms with van der Waals surface area (Å²) in [7, 11) is 0. The Bertz CT molecular complexity index is 834. The number of benzene rings is 2. The van der Waals surface area contributed by atoms with Crippen LogP contribution in [0.5, 0.6) is 5.75 Å². The van der Waals surface area contributed by atoms with Crippen molar-refractivity contribution >= 4 is 17.4 Å². The zero-order valence-electron chi connectivity index (χ0n) is 11.7. The van der Waals surface area contributed by atoms with E-state index in [1.807, 2.05) is 0 Å². The molecule has 0 aliphatic carbocycles. The SMILES string of the molecule is O=[N+]([O-])c1ccccc1CSc1nnnn1-c1ccc(O)cc1. The minimum Gasteiger partial charge on any atom is -0.508 e. The van der Waals surface area contributed by atoms with Gasteiger partial charge in [0.25, 0.3) is 5.69 Å². The van der Waals surface area contributed by atoms with E-state index in [1.54, 1.807) is 30.3 Å². The van der Waals surface area contributed by atoms with Crippen molar-refractivity contribution in [3.8, 4) is 11.4 Å². The number of nitrogens with zero attached hydrogens (tertiary/aromatic N) is 5. The Balaban J connectivity index is 1.82. The van der Waals surface area contributed by atoms with Gasteiger partial charge in [-0.05, 0) is 34.7 Å². The lowest BCUT2D eigenvalue weighted by atomic mass is 10.2. The summed E-state index contributed by atoms with van der Waals surface area (Å²) in [5.74, 6) is 0.520. The van der Waals surface area contributed by atoms with Gasteiger partial charge in [-0.3, -0.25) is 10.1 Å². The molecule has 9 heteroatoms. The van der Waals surface area contributed by atoms with Crippen LogP contribution in [-0.2, 0) is 5.75 Å². The average molecular weight is 329 g/mol. The Morgan fingerprint density at radius 1 is 1.17 bits per heavy atom. The molecule has 0 radical (unpaired) electrons. The molecule has 1 aromatic heterocycles. The van der Waals surface area contributed by atoms with Crippen molar-refractivity contribution in [1.82, 2.24) is 20.2 Å². The van der Waals surface area contributed by atoms with Crippen LogP contribution in [0.1, 0.15) is 5.56 Å². The zero-order chi connectivity index (χ0) is 16.2. The van der Waals surface area contributed by atoms with Crippen molar-refractivity contribution in [3.05, 3.63) is 64.2 Å². The Morgan fingerprint density at radius 3 is 2.65 bits per heavy atom. The van der Waals surface area contributed by atoms with Crippen molar-refractivity contribution in [1.29, 1.82) is 0 Å². The molecule has 3 rings (SSSR count). The first-order valence-electron chi connectivity index (χ1n) is 6.58. The third-order valence-electron chi connectivity index (χ3n) is 3.08. The molecule has 0 aliphatic heterocycles. The summed E-state index contributed by atoms with van der Waals surface area (Å²) >= 11 is 1.30. The molecule has 8 nitrogen and oxygen atoms in total. The summed E-state index contributed by atoms with van der Waals surface area (Å²) in [6.07, 6.45) is 0. The van der Waals surface area contributed by atoms with Gasteiger partial charge in [0.15, 0.2) is 0 Å². The fourth-order valence-electron chi connectivity index (χ4n) is 1.98. The maximum Gasteiger partial charge on any atom is 0.273 e. The van der Waals surface area contributed by atoms with Crippen molar-refractivity contribution < 1.29 is 10.0 Å². The number of aromatic nitrogens is 4. The number of hydrogen-bond donors (Lipinski definition) is 1. The second kappa shape index (κ2) is 6.44. The molecule has 0 saturated carbocycles. The highest BCUT2D eigenvalue weighted by molar-refractivity contribution is 7.98. The summed E-state index contributed by atoms with van der Waals surface area (Å²) in [4.78, 5) is 10.6. The molecule has 2 aromatic carbocycles. The second-order valence-corrected chi connectivity index (χ2v) is 5.51. The number of hydrogen-bond acceptors (Lipinski definition) is 7. The van der Waals surface area contributed by atoms with Crippen LogP contribution in [0.25, 0.3) is 5.69 Å². The van der Waals surface area contributed by atoms with E-state index in [1.165, 1.54) is 34.6 Å². The van der Waals surface area contributed by atoms with E-state index < -0.39 is 4.92 Å². The van der Waals surface area contributed by atoms with Crippen LogP contribution in [0.15, 0.2) is 53.7 Å². The van der Waals surface area contributed by atoms with Gasteiger partial charge in [-0.15, -0.1) is 5.10 Å². The Labute approximate surface area is 134 Å². The summed E-state index contributed by atoms with van der Waals surface area (Å²) < 4.78 is 1.51. The first-order valence-corrected chi connectivity index (χ1v) is 7.56. The monoisotopic (exact) mass is 329 g/mol. The van der Waals surface area contributed by atoms with Gasteiger partial charge in [0.05, 0.1) is 10.6 Å². The number of rotatable bonds is 5. The van der Waals surface area contributed by atoms with Gasteiger partial charge >= 0.3 is 0 Å². The summed E-state index contributed by atoms with van der Waals surface area (Å²) in [6, 6.07) is 13.0. The molecule has 0 bridgehead atoms. The lowest BCUT2D eigenvalue weighted by molar-refractivity contribution is -0.385. The van der Waals surface area contributed by atoms with Crippen LogP contribution >= 0.6 is 11.8 Å². The summed E-state index contributed by atoms with van der Waals surface area (Å²) in [6.45, 7) is 0. The third-order valence-corrected chi connectivity index (χ3v) is 4.05. The molecule has 3 aromatic rings. The minimum atomic E-state index is -0.404. The maximum atomic E-state index is 11.0. The fraction of sp³-hybridized carbons (Fsp3) is 0.0714. The standard InChI is InChI=1S/C14H11N5O3S/c20-12-7-5-11(6-8-12)18-14(15-16-17-18)23-9-10-3-1-2-4-13(10)19(21)22/h1-8,20H,9H2. The molecule has 0 saturated heterocycles. The van der Waals surface area contributed by atoms with Gasteiger partial charge in [0, 0.05) is 17.4 Å². The van der Waals surface area contributed by atoms with E-state index >= 15 is 0 Å². The molecule has 0 amide bonds. The molecule has 116 valence electrons. The first kappa shape index (κ1) is 15.0. The smallest absolute Gasteiger partial charge is 0.273 e. The minimum absolute atomic E-state index is 0.0728. The lowest BCUT2D eigenvalue weighted by Gasteiger charge is -2.05. The molecule has 0 unspecified atom stereocenters. The van der Waals surface area contributed by atoms with E-state index in [0.717, 1.165) is 0 Å². The number of nitro benzene ring substituents is 1. The van der Waals surface area contributed by atoms with Crippen molar-refractivity contribution in [2.24, 2.45) is 0 Å². The van der Waals surface area contributed by atoms with Crippen molar-refractivity contribution in [2.75, 3.05) is 0 Å². The first-order chi connectivity index (χ1) is 11.1. The molecular formula is C14H11N5O3S. The topological polar surface area (TPSA) is 107 Å². The van der Waals surface area contributed by atoms with E-state index in [9.17, 15) is 15.2 Å². The predicted octanol–water partition coefficient (Wildman–Crippen LogP) is 2.57. The Morgan fingerprint density at radius 2 is 1.91 bits per heavy atom. The second-order valence-electron chi connectivity index (χ2n) is 4.56. The number of nitro groups is 1. The van der Waals surface area contributed by atoms with E-state index in [-0.39, 0.29) is 11.4 Å². The third kappa shape index (κ3) is 3.29. The molecule has 1 heterocycles. The highest BCUT2D eigenvalue weighted by atomic mass is 32.2. The van der Waals surface area contributed by atoms with E-state index in [2.05, 4.69) is 15.5 Å². The number of tetrazole rings is 1. The molecule has 0 fully saturated rings. The number of thioether (sulfide) groups is 1. The van der Waals surface area contributed by atoms with Crippen LogP contribution in [-0.4, -0.2) is 30.2 Å². The molecule has 0 atom stereocenters. The van der Waals surface area contributed by atoms with Crippen molar-refractivity contribution in [3.63, 3.8) is 0 Å². The van der Waals surface area contributed by atoms with Crippen LogP contribution in [0.4, 0.5) is 5.69 Å². The van der Waals surface area contributed by atoms with Crippen LogP contribution in [0.2, 0.25) is 0 Å². The number of phenolic OH excluding ortho intramolecular Hbond substituents is 1. The van der Waals surface area contributed by atoms with E-state index in [0.29, 0.717) is 22.2 Å². The summed E-state index contributed by atoms with van der Waals surface area (Å²) in [5, 5.41) is 32.3. The summed E-state index contributed by atoms with van der Waals surface area (Å²) in [5.41, 5.74) is 1.37. The van der Waals surface area contributed by atoms with Crippen LogP contribution in [0.3, 0.4) is 0 Å². The molecule has 1 N–H and O–H groups in total.